The number of carbonyl (C=O) groups is 1. The van der Waals surface area contributed by atoms with Gasteiger partial charge in [-0.15, -0.1) is 17.9 Å². The number of unbranched alkanes of at least 4 members (excludes halogenated alkanes) is 1. The zero-order valence-electron chi connectivity index (χ0n) is 18.4. The minimum atomic E-state index is -4.95. The zero-order chi connectivity index (χ0) is 24.9. The number of quaternary nitrogens is 1. The largest absolute Gasteiger partial charge is 0.573 e. The van der Waals surface area contributed by atoms with Crippen molar-refractivity contribution in [2.45, 2.75) is 42.9 Å². The van der Waals surface area contributed by atoms with Crippen LogP contribution in [0.5, 0.6) is 5.75 Å². The van der Waals surface area contributed by atoms with Crippen LogP contribution in [-0.2, 0) is 21.3 Å². The maximum atomic E-state index is 13.0. The van der Waals surface area contributed by atoms with Crippen LogP contribution in [0, 0.1) is 0 Å². The van der Waals surface area contributed by atoms with E-state index in [2.05, 4.69) is 9.72 Å². The van der Waals surface area contributed by atoms with Gasteiger partial charge < -0.3 is 18.9 Å². The number of nitrogens with two attached hydrogens (primary N) is 1. The number of nitrogens with zero attached hydrogens (tertiary/aromatic N) is 3. The van der Waals surface area contributed by atoms with Gasteiger partial charge in [0.25, 0.3) is 0 Å². The van der Waals surface area contributed by atoms with Crippen LogP contribution < -0.4 is 9.46 Å². The van der Waals surface area contributed by atoms with Gasteiger partial charge in [-0.05, 0) is 24.6 Å². The lowest BCUT2D eigenvalue weighted by molar-refractivity contribution is -0.407. The Morgan fingerprint density at radius 1 is 1.32 bits per heavy atom. The summed E-state index contributed by atoms with van der Waals surface area (Å²) in [7, 11) is -2.66. The molecule has 1 aromatic heterocycles. The number of primary amides is 1. The first-order valence-electron chi connectivity index (χ1n) is 10.2. The van der Waals surface area contributed by atoms with Crippen LogP contribution in [0.4, 0.5) is 18.0 Å². The average molecular weight is 522 g/mol. The van der Waals surface area contributed by atoms with E-state index in [1.807, 2.05) is 6.92 Å². The monoisotopic (exact) mass is 521 g/mol. The Bertz CT molecular complexity index is 1140. The molecule has 34 heavy (non-hydrogen) atoms. The highest BCUT2D eigenvalue weighted by Crippen LogP contribution is 2.46. The fraction of sp³-hybridized carbons (Fsp3) is 0.400. The number of carbonyl (C=O) groups excluding carboxylic acids is 1. The number of amides is 1. The number of thioether (sulfide) groups is 1. The van der Waals surface area contributed by atoms with E-state index in [-0.39, 0.29) is 17.1 Å². The lowest BCUT2D eigenvalue weighted by atomic mass is 10.2. The smallest absolute Gasteiger partial charge is 0.419 e. The van der Waals surface area contributed by atoms with Gasteiger partial charge in [-0.1, -0.05) is 25.1 Å². The van der Waals surface area contributed by atoms with E-state index in [0.29, 0.717) is 17.7 Å². The summed E-state index contributed by atoms with van der Waals surface area (Å²) >= 11 is 1.27. The lowest BCUT2D eigenvalue weighted by Gasteiger charge is -2.23. The average Bonchev–Trinajstić information content (AvgIpc) is 3.36. The number of allylic oxidation sites excluding steroid dienone is 1. The molecule has 0 fully saturated rings. The highest BCUT2D eigenvalue weighted by Gasteiger charge is 2.36. The quantitative estimate of drug-likeness (QED) is 0.502. The molecule has 1 amide bonds. The summed E-state index contributed by atoms with van der Waals surface area (Å²) in [5, 5.41) is -0.676. The first-order valence-corrected chi connectivity index (χ1v) is 12.6. The number of ether oxygens (including phenoxy) is 2. The fourth-order valence-corrected chi connectivity index (χ4v) is 5.76. The van der Waals surface area contributed by atoms with Crippen molar-refractivity contribution >= 4 is 27.9 Å². The number of rotatable bonds is 9. The van der Waals surface area contributed by atoms with E-state index in [9.17, 15) is 26.4 Å². The third-order valence-electron chi connectivity index (χ3n) is 4.66. The summed E-state index contributed by atoms with van der Waals surface area (Å²) in [5.74, 6) is -0.566. The summed E-state index contributed by atoms with van der Waals surface area (Å²) in [6, 6.07) is 2.93. The number of halogens is 3. The topological polar surface area (TPSA) is 107 Å². The number of alkyl halides is 3. The number of benzene rings is 1. The molecule has 0 radical (unpaired) electrons. The van der Waals surface area contributed by atoms with Gasteiger partial charge in [0, 0.05) is 36.1 Å². The Balaban J connectivity index is 1.90. The zero-order valence-corrected chi connectivity index (χ0v) is 20.0. The second-order valence-corrected chi connectivity index (χ2v) is 10.4. The van der Waals surface area contributed by atoms with Crippen LogP contribution in [0.3, 0.4) is 0 Å². The number of aromatic nitrogens is 2. The van der Waals surface area contributed by atoms with Crippen molar-refractivity contribution < 1.29 is 40.6 Å². The molecular formula is C20H24F3N4O5S2+. The van der Waals surface area contributed by atoms with Gasteiger partial charge in [-0.25, -0.2) is 4.98 Å². The molecule has 0 saturated heterocycles. The first kappa shape index (κ1) is 25.9. The summed E-state index contributed by atoms with van der Waals surface area (Å²) < 4.78 is 75.6. The molecule has 2 heterocycles. The predicted octanol–water partition coefficient (Wildman–Crippen LogP) is 3.19. The first-order chi connectivity index (χ1) is 16.0. The molecule has 2 N–H and O–H groups in total. The predicted molar refractivity (Wildman–Crippen MR) is 117 cm³/mol. The van der Waals surface area contributed by atoms with Crippen molar-refractivity contribution in [3.8, 4) is 5.75 Å². The van der Waals surface area contributed by atoms with E-state index in [0.717, 1.165) is 29.5 Å². The van der Waals surface area contributed by atoms with Crippen molar-refractivity contribution in [3.05, 3.63) is 53.6 Å². The molecule has 0 bridgehead atoms. The highest BCUT2D eigenvalue weighted by molar-refractivity contribution is 8.03. The Hall–Kier alpha value is -2.71. The number of sulfonamides is 1. The number of hydrogen-bond acceptors (Lipinski definition) is 8. The van der Waals surface area contributed by atoms with Gasteiger partial charge in [0.2, 0.25) is 0 Å². The Kier molecular flexibility index (Phi) is 8.15. The fourth-order valence-electron chi connectivity index (χ4n) is 3.19. The molecule has 1 aromatic carbocycles. The maximum absolute atomic E-state index is 13.0. The van der Waals surface area contributed by atoms with E-state index in [4.69, 9.17) is 4.74 Å². The molecule has 1 aliphatic rings. The highest BCUT2D eigenvalue weighted by atomic mass is 32.2. The third kappa shape index (κ3) is 6.90. The lowest BCUT2D eigenvalue weighted by Crippen LogP contribution is -2.90. The second-order valence-electron chi connectivity index (χ2n) is 7.40. The number of primary sulfonamides is 1. The van der Waals surface area contributed by atoms with Crippen molar-refractivity contribution in [2.24, 2.45) is 0 Å². The molecule has 1 aliphatic heterocycles. The van der Waals surface area contributed by atoms with Crippen molar-refractivity contribution in [2.75, 3.05) is 13.7 Å². The van der Waals surface area contributed by atoms with Crippen LogP contribution in [0.15, 0.2) is 52.9 Å². The van der Waals surface area contributed by atoms with Crippen molar-refractivity contribution in [1.29, 1.82) is 0 Å². The SMILES string of the molecule is CCCCOC(=O)[NH2+]S(=O)(=O)c1ccc(OC(F)(F)F)cc1C1SC(Cn2ccnc2)=CN1C. The molecule has 1 atom stereocenters. The van der Waals surface area contributed by atoms with E-state index < -0.39 is 33.6 Å². The minimum absolute atomic E-state index is 0.0451. The summed E-state index contributed by atoms with van der Waals surface area (Å²) in [4.78, 5) is 18.2. The standard InChI is InChI=1S/C20H23F3N4O5S2/c1-3-4-9-31-19(28)25-34(29,30)17-6-5-14(32-20(21,22)23)10-16(17)18-26(2)11-15(33-18)12-27-8-7-24-13-27/h5-8,10-11,13,18H,3-4,9,12H2,1-2H3,(H,25,28)/p+1. The molecule has 9 nitrogen and oxygen atoms in total. The Morgan fingerprint density at radius 2 is 2.09 bits per heavy atom. The second kappa shape index (κ2) is 10.7. The molecule has 3 rings (SSSR count). The van der Waals surface area contributed by atoms with Gasteiger partial charge in [0.15, 0.2) is 0 Å². The summed E-state index contributed by atoms with van der Waals surface area (Å²) in [6.45, 7) is 2.40. The van der Waals surface area contributed by atoms with E-state index >= 15 is 0 Å². The van der Waals surface area contributed by atoms with Crippen LogP contribution in [0.2, 0.25) is 0 Å². The van der Waals surface area contributed by atoms with Gasteiger partial charge in [-0.2, -0.15) is 13.2 Å². The van der Waals surface area contributed by atoms with Crippen LogP contribution in [-0.4, -0.2) is 49.0 Å². The van der Waals surface area contributed by atoms with Crippen LogP contribution in [0.1, 0.15) is 30.7 Å². The molecule has 1 unspecified atom stereocenters. The minimum Gasteiger partial charge on any atom is -0.419 e. The molecular weight excluding hydrogens is 497 g/mol. The summed E-state index contributed by atoms with van der Waals surface area (Å²) in [6.07, 6.45) is 2.08. The number of imidazole rings is 1. The summed E-state index contributed by atoms with van der Waals surface area (Å²) in [5.41, 5.74) is 0.0451. The van der Waals surface area contributed by atoms with Crippen LogP contribution in [0.25, 0.3) is 0 Å². The van der Waals surface area contributed by atoms with Crippen molar-refractivity contribution in [1.82, 2.24) is 14.5 Å². The van der Waals surface area contributed by atoms with Crippen LogP contribution >= 0.6 is 11.8 Å². The molecule has 0 aliphatic carbocycles. The normalized spacial score (nSPS) is 16.4. The van der Waals surface area contributed by atoms with Gasteiger partial charge in [0.1, 0.15) is 16.0 Å². The Morgan fingerprint density at radius 3 is 2.74 bits per heavy atom. The third-order valence-corrected chi connectivity index (χ3v) is 7.49. The van der Waals surface area contributed by atoms with E-state index in [1.165, 1.54) is 11.8 Å². The van der Waals surface area contributed by atoms with E-state index in [1.54, 1.807) is 41.4 Å². The van der Waals surface area contributed by atoms with Gasteiger partial charge in [-0.3, -0.25) is 0 Å². The molecule has 186 valence electrons. The molecule has 14 heteroatoms. The van der Waals surface area contributed by atoms with Crippen molar-refractivity contribution in [3.63, 3.8) is 0 Å². The van der Waals surface area contributed by atoms with Gasteiger partial charge in [0.05, 0.1) is 19.5 Å². The molecule has 0 spiro atoms. The maximum Gasteiger partial charge on any atom is 0.573 e. The Labute approximate surface area is 199 Å². The molecule has 0 saturated carbocycles. The van der Waals surface area contributed by atoms with Gasteiger partial charge >= 0.3 is 22.5 Å². The number of hydrogen-bond donors (Lipinski definition) is 1. The molecule has 2 aromatic rings.